The van der Waals surface area contributed by atoms with E-state index in [1.165, 1.54) is 6.92 Å². The highest BCUT2D eigenvalue weighted by molar-refractivity contribution is 6.05. The summed E-state index contributed by atoms with van der Waals surface area (Å²) in [5, 5.41) is 4.09. The van der Waals surface area contributed by atoms with E-state index in [0.717, 1.165) is 36.3 Å². The second-order valence-corrected chi connectivity index (χ2v) is 3.77. The molecular weight excluding hydrogens is 204 g/mol. The number of nitrogens with one attached hydrogen (secondary N) is 1. The zero-order chi connectivity index (χ0) is 11.4. The average molecular weight is 218 g/mol. The molecule has 0 aromatic carbocycles. The third-order valence-electron chi connectivity index (χ3n) is 2.44. The van der Waals surface area contributed by atoms with Crippen LogP contribution < -0.4 is 5.43 Å². The molecule has 0 saturated heterocycles. The zero-order valence-electron chi connectivity index (χ0n) is 9.19. The van der Waals surface area contributed by atoms with Gasteiger partial charge < -0.3 is 4.42 Å². The molecule has 2 rings (SSSR count). The van der Waals surface area contributed by atoms with Crippen LogP contribution in [0.25, 0.3) is 6.08 Å². The molecule has 0 aliphatic heterocycles. The van der Waals surface area contributed by atoms with Crippen LogP contribution in [0, 0.1) is 0 Å². The van der Waals surface area contributed by atoms with Crippen molar-refractivity contribution < 1.29 is 9.21 Å². The fourth-order valence-electron chi connectivity index (χ4n) is 1.73. The molecule has 4 heteroatoms. The van der Waals surface area contributed by atoms with Gasteiger partial charge in [0.2, 0.25) is 5.91 Å². The fourth-order valence-corrected chi connectivity index (χ4v) is 1.73. The first-order valence-electron chi connectivity index (χ1n) is 5.33. The van der Waals surface area contributed by atoms with Gasteiger partial charge in [-0.05, 0) is 43.0 Å². The average Bonchev–Trinajstić information content (AvgIpc) is 2.87. The Morgan fingerprint density at radius 3 is 3.12 bits per heavy atom. The zero-order valence-corrected chi connectivity index (χ0v) is 9.19. The number of carbonyl (C=O) groups excluding carboxylic acids is 1. The monoisotopic (exact) mass is 218 g/mol. The van der Waals surface area contributed by atoms with E-state index in [9.17, 15) is 4.79 Å². The lowest BCUT2D eigenvalue weighted by Crippen LogP contribution is -2.15. The minimum absolute atomic E-state index is 0.142. The lowest BCUT2D eigenvalue weighted by Gasteiger charge is -1.99. The van der Waals surface area contributed by atoms with Crippen molar-refractivity contribution in [3.63, 3.8) is 0 Å². The maximum absolute atomic E-state index is 10.8. The first-order valence-corrected chi connectivity index (χ1v) is 5.33. The van der Waals surface area contributed by atoms with Crippen molar-refractivity contribution in [1.82, 2.24) is 5.43 Å². The summed E-state index contributed by atoms with van der Waals surface area (Å²) >= 11 is 0. The molecule has 1 aromatic rings. The quantitative estimate of drug-likeness (QED) is 0.774. The van der Waals surface area contributed by atoms with E-state index in [1.807, 2.05) is 18.2 Å². The highest BCUT2D eigenvalue weighted by Gasteiger charge is 2.15. The number of carbonyl (C=O) groups is 1. The Hall–Kier alpha value is -1.84. The summed E-state index contributed by atoms with van der Waals surface area (Å²) in [6, 6.07) is 3.76. The number of allylic oxidation sites excluding steroid dienone is 1. The van der Waals surface area contributed by atoms with E-state index in [0.29, 0.717) is 0 Å². The third kappa shape index (κ3) is 2.59. The van der Waals surface area contributed by atoms with Crippen molar-refractivity contribution in [2.45, 2.75) is 26.2 Å². The summed E-state index contributed by atoms with van der Waals surface area (Å²) in [5.74, 6) is 0.684. The Morgan fingerprint density at radius 2 is 2.44 bits per heavy atom. The first kappa shape index (κ1) is 10.7. The summed E-state index contributed by atoms with van der Waals surface area (Å²) in [5.41, 5.74) is 4.57. The Bertz CT molecular complexity index is 430. The maximum atomic E-state index is 10.8. The first-order chi connectivity index (χ1) is 7.75. The lowest BCUT2D eigenvalue weighted by molar-refractivity contribution is -0.118. The SMILES string of the molecule is CC(=O)NN=C1CCCC1=Cc1ccco1. The van der Waals surface area contributed by atoms with Crippen molar-refractivity contribution >= 4 is 17.7 Å². The molecule has 1 fully saturated rings. The number of rotatable bonds is 2. The van der Waals surface area contributed by atoms with E-state index < -0.39 is 0 Å². The summed E-state index contributed by atoms with van der Waals surface area (Å²) in [6.07, 6.45) is 6.59. The maximum Gasteiger partial charge on any atom is 0.236 e. The van der Waals surface area contributed by atoms with Gasteiger partial charge in [-0.25, -0.2) is 5.43 Å². The molecule has 0 atom stereocenters. The molecule has 1 heterocycles. The standard InChI is InChI=1S/C12H14N2O2/c1-9(15)13-14-12-6-2-4-10(12)8-11-5-3-7-16-11/h3,5,7-8H,2,4,6H2,1H3,(H,13,15). The van der Waals surface area contributed by atoms with Gasteiger partial charge in [0.15, 0.2) is 0 Å². The molecule has 16 heavy (non-hydrogen) atoms. The minimum Gasteiger partial charge on any atom is -0.465 e. The van der Waals surface area contributed by atoms with Gasteiger partial charge in [-0.3, -0.25) is 4.79 Å². The molecule has 1 N–H and O–H groups in total. The minimum atomic E-state index is -0.142. The second kappa shape index (κ2) is 4.79. The summed E-state index contributed by atoms with van der Waals surface area (Å²) in [7, 11) is 0. The van der Waals surface area contributed by atoms with Crippen molar-refractivity contribution in [3.05, 3.63) is 29.7 Å². The van der Waals surface area contributed by atoms with Gasteiger partial charge in [0.1, 0.15) is 5.76 Å². The molecule has 1 aliphatic carbocycles. The Balaban J connectivity index is 2.15. The highest BCUT2D eigenvalue weighted by Crippen LogP contribution is 2.24. The van der Waals surface area contributed by atoms with Crippen LogP contribution in [0.2, 0.25) is 0 Å². The molecule has 84 valence electrons. The van der Waals surface area contributed by atoms with E-state index in [-0.39, 0.29) is 5.91 Å². The predicted molar refractivity (Wildman–Crippen MR) is 61.8 cm³/mol. The van der Waals surface area contributed by atoms with Crippen molar-refractivity contribution in [2.75, 3.05) is 0 Å². The van der Waals surface area contributed by atoms with Gasteiger partial charge in [0, 0.05) is 6.92 Å². The molecule has 1 aromatic heterocycles. The number of hydrogen-bond donors (Lipinski definition) is 1. The summed E-state index contributed by atoms with van der Waals surface area (Å²) < 4.78 is 5.25. The van der Waals surface area contributed by atoms with Crippen molar-refractivity contribution in [2.24, 2.45) is 5.10 Å². The van der Waals surface area contributed by atoms with Crippen LogP contribution in [0.3, 0.4) is 0 Å². The van der Waals surface area contributed by atoms with Crippen LogP contribution in [-0.2, 0) is 4.79 Å². The lowest BCUT2D eigenvalue weighted by atomic mass is 10.2. The second-order valence-electron chi connectivity index (χ2n) is 3.77. The van der Waals surface area contributed by atoms with Crippen LogP contribution in [0.4, 0.5) is 0 Å². The smallest absolute Gasteiger partial charge is 0.236 e. The fraction of sp³-hybridized carbons (Fsp3) is 0.333. The summed E-state index contributed by atoms with van der Waals surface area (Å²) in [4.78, 5) is 10.8. The number of furan rings is 1. The van der Waals surface area contributed by atoms with E-state index in [1.54, 1.807) is 6.26 Å². The Labute approximate surface area is 94.0 Å². The highest BCUT2D eigenvalue weighted by atomic mass is 16.3. The number of nitrogens with zero attached hydrogens (tertiary/aromatic N) is 1. The van der Waals surface area contributed by atoms with Crippen LogP contribution in [0.15, 0.2) is 33.5 Å². The number of hydrogen-bond acceptors (Lipinski definition) is 3. The van der Waals surface area contributed by atoms with Gasteiger partial charge in [-0.2, -0.15) is 5.10 Å². The largest absolute Gasteiger partial charge is 0.465 e. The van der Waals surface area contributed by atoms with Gasteiger partial charge in [0.05, 0.1) is 12.0 Å². The number of hydrazone groups is 1. The Morgan fingerprint density at radius 1 is 1.56 bits per heavy atom. The van der Waals surface area contributed by atoms with E-state index >= 15 is 0 Å². The Kier molecular flexibility index (Phi) is 3.19. The van der Waals surface area contributed by atoms with Gasteiger partial charge in [0.25, 0.3) is 0 Å². The molecule has 4 nitrogen and oxygen atoms in total. The molecule has 0 bridgehead atoms. The topological polar surface area (TPSA) is 54.6 Å². The predicted octanol–water partition coefficient (Wildman–Crippen LogP) is 2.34. The van der Waals surface area contributed by atoms with Gasteiger partial charge >= 0.3 is 0 Å². The van der Waals surface area contributed by atoms with Crippen LogP contribution >= 0.6 is 0 Å². The van der Waals surface area contributed by atoms with E-state index in [4.69, 9.17) is 4.42 Å². The van der Waals surface area contributed by atoms with Crippen LogP contribution in [-0.4, -0.2) is 11.6 Å². The molecule has 0 radical (unpaired) electrons. The van der Waals surface area contributed by atoms with E-state index in [2.05, 4.69) is 10.5 Å². The van der Waals surface area contributed by atoms with Crippen LogP contribution in [0.1, 0.15) is 31.9 Å². The number of amides is 1. The van der Waals surface area contributed by atoms with Crippen molar-refractivity contribution in [3.8, 4) is 0 Å². The van der Waals surface area contributed by atoms with Crippen molar-refractivity contribution in [1.29, 1.82) is 0 Å². The molecule has 0 unspecified atom stereocenters. The van der Waals surface area contributed by atoms with Gasteiger partial charge in [-0.15, -0.1) is 0 Å². The third-order valence-corrected chi connectivity index (χ3v) is 2.44. The van der Waals surface area contributed by atoms with Gasteiger partial charge in [-0.1, -0.05) is 0 Å². The molecule has 1 saturated carbocycles. The normalized spacial score (nSPS) is 20.6. The molecule has 1 aliphatic rings. The molecule has 0 spiro atoms. The summed E-state index contributed by atoms with van der Waals surface area (Å²) in [6.45, 7) is 1.45. The van der Waals surface area contributed by atoms with Crippen LogP contribution in [0.5, 0.6) is 0 Å². The molecule has 1 amide bonds. The molecular formula is C12H14N2O2.